The van der Waals surface area contributed by atoms with Crippen LogP contribution in [0, 0.1) is 5.92 Å². The molecule has 0 aromatic heterocycles. The number of hydrogen-bond donors (Lipinski definition) is 2. The molecule has 0 bridgehead atoms. The summed E-state index contributed by atoms with van der Waals surface area (Å²) < 4.78 is 0. The first-order valence-corrected chi connectivity index (χ1v) is 10.00. The third-order valence-electron chi connectivity index (χ3n) is 5.51. The number of hydrogen-bond acceptors (Lipinski definition) is 3. The van der Waals surface area contributed by atoms with Gasteiger partial charge in [-0.1, -0.05) is 43.0 Å². The number of likely N-dealkylation sites (tertiary alicyclic amines) is 1. The van der Waals surface area contributed by atoms with E-state index in [1.54, 1.807) is 17.0 Å². The van der Waals surface area contributed by atoms with E-state index < -0.39 is 6.04 Å². The number of benzene rings is 1. The van der Waals surface area contributed by atoms with E-state index in [9.17, 15) is 9.59 Å². The summed E-state index contributed by atoms with van der Waals surface area (Å²) in [5.74, 6) is 0.268. The van der Waals surface area contributed by atoms with E-state index >= 15 is 0 Å². The average molecular weight is 378 g/mol. The summed E-state index contributed by atoms with van der Waals surface area (Å²) in [5, 5.41) is 3.81. The van der Waals surface area contributed by atoms with Gasteiger partial charge < -0.3 is 16.0 Å². The molecule has 1 saturated heterocycles. The molecule has 2 atom stereocenters. The standard InChI is InChI=1S/C20H28ClN3O2/c21-16-8-6-14(7-9-16)12-18(22)20(26)24-11-10-17(13-24)23-19(25)15-4-2-1-3-5-15/h6-9,15,17-18H,1-5,10-13,22H2,(H,23,25)/t17-,18+/m0/s1. The zero-order valence-electron chi connectivity index (χ0n) is 15.1. The highest BCUT2D eigenvalue weighted by Gasteiger charge is 2.31. The Morgan fingerprint density at radius 3 is 2.54 bits per heavy atom. The van der Waals surface area contributed by atoms with Gasteiger partial charge in [0.2, 0.25) is 11.8 Å². The lowest BCUT2D eigenvalue weighted by atomic mass is 9.88. The second kappa shape index (κ2) is 8.87. The Balaban J connectivity index is 1.47. The zero-order chi connectivity index (χ0) is 18.5. The molecule has 1 heterocycles. The van der Waals surface area contributed by atoms with Gasteiger partial charge >= 0.3 is 0 Å². The molecule has 3 rings (SSSR count). The molecule has 2 fully saturated rings. The minimum Gasteiger partial charge on any atom is -0.351 e. The van der Waals surface area contributed by atoms with Crippen LogP contribution in [0.5, 0.6) is 0 Å². The monoisotopic (exact) mass is 377 g/mol. The lowest BCUT2D eigenvalue weighted by Gasteiger charge is -2.24. The summed E-state index contributed by atoms with van der Waals surface area (Å²) in [6, 6.07) is 6.89. The Hall–Kier alpha value is -1.59. The predicted octanol–water partition coefficient (Wildman–Crippen LogP) is 2.51. The van der Waals surface area contributed by atoms with Gasteiger partial charge in [0.05, 0.1) is 6.04 Å². The number of nitrogens with zero attached hydrogens (tertiary/aromatic N) is 1. The van der Waals surface area contributed by atoms with Gasteiger partial charge in [0.15, 0.2) is 0 Å². The quantitative estimate of drug-likeness (QED) is 0.827. The molecular weight excluding hydrogens is 350 g/mol. The lowest BCUT2D eigenvalue weighted by Crippen LogP contribution is -2.46. The van der Waals surface area contributed by atoms with Crippen molar-refractivity contribution in [1.82, 2.24) is 10.2 Å². The normalized spacial score (nSPS) is 22.2. The van der Waals surface area contributed by atoms with Crippen LogP contribution in [0.4, 0.5) is 0 Å². The SMILES string of the molecule is N[C@H](Cc1ccc(Cl)cc1)C(=O)N1CC[C@H](NC(=O)C2CCCCC2)C1. The first kappa shape index (κ1) is 19.2. The van der Waals surface area contributed by atoms with Gasteiger partial charge in [-0.15, -0.1) is 0 Å². The summed E-state index contributed by atoms with van der Waals surface area (Å²) in [5.41, 5.74) is 7.12. The molecule has 142 valence electrons. The highest BCUT2D eigenvalue weighted by atomic mass is 35.5. The van der Waals surface area contributed by atoms with Crippen LogP contribution in [0.1, 0.15) is 44.1 Å². The largest absolute Gasteiger partial charge is 0.351 e. The van der Waals surface area contributed by atoms with Crippen molar-refractivity contribution < 1.29 is 9.59 Å². The number of nitrogens with two attached hydrogens (primary N) is 1. The molecule has 6 heteroatoms. The maximum Gasteiger partial charge on any atom is 0.239 e. The van der Waals surface area contributed by atoms with Gasteiger partial charge in [0, 0.05) is 30.1 Å². The Bertz CT molecular complexity index is 628. The maximum atomic E-state index is 12.6. The van der Waals surface area contributed by atoms with Crippen molar-refractivity contribution in [2.75, 3.05) is 13.1 Å². The van der Waals surface area contributed by atoms with Gasteiger partial charge in [0.1, 0.15) is 0 Å². The number of nitrogens with one attached hydrogen (secondary N) is 1. The van der Waals surface area contributed by atoms with Crippen LogP contribution in [-0.2, 0) is 16.0 Å². The molecule has 1 aromatic carbocycles. The third-order valence-corrected chi connectivity index (χ3v) is 5.76. The second-order valence-electron chi connectivity index (χ2n) is 7.55. The van der Waals surface area contributed by atoms with Crippen molar-refractivity contribution in [3.05, 3.63) is 34.9 Å². The first-order valence-electron chi connectivity index (χ1n) is 9.62. The van der Waals surface area contributed by atoms with Crippen molar-refractivity contribution in [3.63, 3.8) is 0 Å². The van der Waals surface area contributed by atoms with E-state index in [2.05, 4.69) is 5.32 Å². The van der Waals surface area contributed by atoms with Crippen LogP contribution < -0.4 is 11.1 Å². The first-order chi connectivity index (χ1) is 12.5. The molecule has 1 aliphatic heterocycles. The van der Waals surface area contributed by atoms with Crippen molar-refractivity contribution in [2.45, 2.75) is 57.0 Å². The molecule has 0 unspecified atom stereocenters. The Labute approximate surface area is 160 Å². The molecule has 0 radical (unpaired) electrons. The van der Waals surface area contributed by atoms with Gasteiger partial charge in [-0.2, -0.15) is 0 Å². The number of halogens is 1. The molecule has 26 heavy (non-hydrogen) atoms. The van der Waals surface area contributed by atoms with E-state index in [1.807, 2.05) is 12.1 Å². The third kappa shape index (κ3) is 4.98. The number of carbonyl (C=O) groups is 2. The van der Waals surface area contributed by atoms with Crippen LogP contribution in [0.2, 0.25) is 5.02 Å². The number of amides is 2. The van der Waals surface area contributed by atoms with Gasteiger partial charge in [-0.3, -0.25) is 9.59 Å². The molecule has 1 saturated carbocycles. The highest BCUT2D eigenvalue weighted by Crippen LogP contribution is 2.24. The van der Waals surface area contributed by atoms with E-state index in [0.29, 0.717) is 24.5 Å². The van der Waals surface area contributed by atoms with Crippen molar-refractivity contribution in [3.8, 4) is 0 Å². The number of carbonyl (C=O) groups excluding carboxylic acids is 2. The second-order valence-corrected chi connectivity index (χ2v) is 7.99. The van der Waals surface area contributed by atoms with Crippen molar-refractivity contribution in [1.29, 1.82) is 0 Å². The number of rotatable bonds is 5. The fourth-order valence-electron chi connectivity index (χ4n) is 3.96. The molecule has 1 aliphatic carbocycles. The summed E-state index contributed by atoms with van der Waals surface area (Å²) in [4.78, 5) is 26.8. The fraction of sp³-hybridized carbons (Fsp3) is 0.600. The summed E-state index contributed by atoms with van der Waals surface area (Å²) in [6.07, 6.45) is 6.81. The van der Waals surface area contributed by atoms with Crippen LogP contribution in [0.15, 0.2) is 24.3 Å². The predicted molar refractivity (Wildman–Crippen MR) is 103 cm³/mol. The topological polar surface area (TPSA) is 75.4 Å². The summed E-state index contributed by atoms with van der Waals surface area (Å²) in [6.45, 7) is 1.22. The summed E-state index contributed by atoms with van der Waals surface area (Å²) >= 11 is 5.89. The van der Waals surface area contributed by atoms with Gasteiger partial charge in [-0.25, -0.2) is 0 Å². The fourth-order valence-corrected chi connectivity index (χ4v) is 4.08. The average Bonchev–Trinajstić information content (AvgIpc) is 3.12. The van der Waals surface area contributed by atoms with Gasteiger partial charge in [-0.05, 0) is 43.4 Å². The summed E-state index contributed by atoms with van der Waals surface area (Å²) in [7, 11) is 0. The minimum atomic E-state index is -0.566. The van der Waals surface area contributed by atoms with Crippen molar-refractivity contribution in [2.24, 2.45) is 11.7 Å². The molecule has 3 N–H and O–H groups in total. The molecule has 1 aromatic rings. The highest BCUT2D eigenvalue weighted by molar-refractivity contribution is 6.30. The molecular formula is C20H28ClN3O2. The smallest absolute Gasteiger partial charge is 0.239 e. The van der Waals surface area contributed by atoms with Gasteiger partial charge in [0.25, 0.3) is 0 Å². The van der Waals surface area contributed by atoms with Crippen LogP contribution in [-0.4, -0.2) is 41.9 Å². The molecule has 0 spiro atoms. The van der Waals surface area contributed by atoms with Crippen LogP contribution in [0.25, 0.3) is 0 Å². The molecule has 2 amide bonds. The van der Waals surface area contributed by atoms with Crippen molar-refractivity contribution >= 4 is 23.4 Å². The van der Waals surface area contributed by atoms with Crippen LogP contribution >= 0.6 is 11.6 Å². The maximum absolute atomic E-state index is 12.6. The lowest BCUT2D eigenvalue weighted by molar-refractivity contribution is -0.132. The van der Waals surface area contributed by atoms with E-state index in [0.717, 1.165) is 37.7 Å². The zero-order valence-corrected chi connectivity index (χ0v) is 15.9. The minimum absolute atomic E-state index is 0.0469. The van der Waals surface area contributed by atoms with E-state index in [-0.39, 0.29) is 23.8 Å². The molecule has 2 aliphatic rings. The Morgan fingerprint density at radius 1 is 1.15 bits per heavy atom. The Morgan fingerprint density at radius 2 is 1.85 bits per heavy atom. The van der Waals surface area contributed by atoms with E-state index in [4.69, 9.17) is 17.3 Å². The molecule has 5 nitrogen and oxygen atoms in total. The Kier molecular flexibility index (Phi) is 6.54. The van der Waals surface area contributed by atoms with Crippen LogP contribution in [0.3, 0.4) is 0 Å². The van der Waals surface area contributed by atoms with E-state index in [1.165, 1.54) is 6.42 Å².